The van der Waals surface area contributed by atoms with E-state index in [0.29, 0.717) is 0 Å². The molecule has 1 amide bonds. The van der Waals surface area contributed by atoms with Crippen molar-refractivity contribution in [1.82, 2.24) is 4.90 Å². The highest BCUT2D eigenvalue weighted by Gasteiger charge is 2.60. The van der Waals surface area contributed by atoms with E-state index in [1.54, 1.807) is 12.1 Å². The van der Waals surface area contributed by atoms with Crippen molar-refractivity contribution >= 4 is 6.09 Å². The molecule has 0 saturated heterocycles. The number of ether oxygens (including phenoxy) is 1. The molecule has 0 bridgehead atoms. The van der Waals surface area contributed by atoms with Gasteiger partial charge in [0.2, 0.25) is 0 Å². The summed E-state index contributed by atoms with van der Waals surface area (Å²) in [5.41, 5.74) is 0.830. The van der Waals surface area contributed by atoms with Gasteiger partial charge in [-0.15, -0.1) is 0 Å². The second-order valence-electron chi connectivity index (χ2n) is 4.13. The van der Waals surface area contributed by atoms with Crippen molar-refractivity contribution in [2.45, 2.75) is 25.0 Å². The molecule has 1 saturated carbocycles. The van der Waals surface area contributed by atoms with Crippen LogP contribution in [0, 0.1) is 0 Å². The Morgan fingerprint density at radius 2 is 2.06 bits per heavy atom. The quantitative estimate of drug-likeness (QED) is 0.814. The minimum absolute atomic E-state index is 0.0995. The fraction of sp³-hybridized carbons (Fsp3) is 0.417. The normalized spacial score (nSPS) is 20.8. The summed E-state index contributed by atoms with van der Waals surface area (Å²) < 4.78 is 30.4. The maximum Gasteiger partial charge on any atom is 0.410 e. The van der Waals surface area contributed by atoms with Gasteiger partial charge in [-0.05, 0) is 5.56 Å². The molecule has 1 aliphatic rings. The summed E-state index contributed by atoms with van der Waals surface area (Å²) in [4.78, 5) is 12.4. The molecule has 1 fully saturated rings. The Morgan fingerprint density at radius 1 is 1.47 bits per heavy atom. The van der Waals surface area contributed by atoms with Crippen molar-refractivity contribution < 1.29 is 18.3 Å². The number of alkyl halides is 2. The van der Waals surface area contributed by atoms with E-state index in [0.717, 1.165) is 10.5 Å². The van der Waals surface area contributed by atoms with E-state index >= 15 is 0 Å². The molecular weight excluding hydrogens is 228 g/mol. The number of hydrogen-bond donors (Lipinski definition) is 0. The molecule has 0 aliphatic heterocycles. The molecule has 0 aromatic heterocycles. The number of carbonyl (C=O) groups excluding carboxylic acids is 1. The van der Waals surface area contributed by atoms with Crippen LogP contribution < -0.4 is 0 Å². The first-order valence-corrected chi connectivity index (χ1v) is 5.32. The van der Waals surface area contributed by atoms with Crippen LogP contribution >= 0.6 is 0 Å². The Morgan fingerprint density at radius 3 is 2.59 bits per heavy atom. The maximum atomic E-state index is 12.7. The van der Waals surface area contributed by atoms with Crippen molar-refractivity contribution in [3.05, 3.63) is 35.9 Å². The molecule has 1 unspecified atom stereocenters. The highest BCUT2D eigenvalue weighted by atomic mass is 19.3. The van der Waals surface area contributed by atoms with Gasteiger partial charge in [0, 0.05) is 13.5 Å². The van der Waals surface area contributed by atoms with Crippen LogP contribution in [0.5, 0.6) is 0 Å². The lowest BCUT2D eigenvalue weighted by molar-refractivity contribution is 0.0605. The first-order chi connectivity index (χ1) is 8.00. The first kappa shape index (κ1) is 11.8. The first-order valence-electron chi connectivity index (χ1n) is 5.32. The summed E-state index contributed by atoms with van der Waals surface area (Å²) >= 11 is 0. The summed E-state index contributed by atoms with van der Waals surface area (Å²) in [6.45, 7) is 0.0995. The highest BCUT2D eigenvalue weighted by molar-refractivity contribution is 5.68. The number of amides is 1. The minimum atomic E-state index is -2.75. The molecule has 2 rings (SSSR count). The van der Waals surface area contributed by atoms with E-state index in [1.807, 2.05) is 18.2 Å². The average Bonchev–Trinajstić information content (AvgIpc) is 2.96. The molecule has 1 aliphatic carbocycles. The van der Waals surface area contributed by atoms with Gasteiger partial charge < -0.3 is 9.64 Å². The largest absolute Gasteiger partial charge is 0.445 e. The van der Waals surface area contributed by atoms with Gasteiger partial charge in [-0.2, -0.15) is 0 Å². The van der Waals surface area contributed by atoms with E-state index in [9.17, 15) is 13.6 Å². The van der Waals surface area contributed by atoms with E-state index in [-0.39, 0.29) is 13.0 Å². The fourth-order valence-corrected chi connectivity index (χ4v) is 1.57. The van der Waals surface area contributed by atoms with E-state index in [4.69, 9.17) is 4.74 Å². The molecule has 0 spiro atoms. The molecule has 1 atom stereocenters. The summed E-state index contributed by atoms with van der Waals surface area (Å²) in [7, 11) is 1.33. The molecule has 0 heterocycles. The molecule has 0 N–H and O–H groups in total. The van der Waals surface area contributed by atoms with Gasteiger partial charge in [0.15, 0.2) is 0 Å². The third-order valence-electron chi connectivity index (χ3n) is 2.75. The van der Waals surface area contributed by atoms with Crippen LogP contribution in [0.3, 0.4) is 0 Å². The molecule has 3 nitrogen and oxygen atoms in total. The molecule has 92 valence electrons. The Balaban J connectivity index is 1.82. The van der Waals surface area contributed by atoms with E-state index in [1.165, 1.54) is 7.05 Å². The van der Waals surface area contributed by atoms with Gasteiger partial charge in [-0.25, -0.2) is 13.6 Å². The van der Waals surface area contributed by atoms with Crippen molar-refractivity contribution in [3.8, 4) is 0 Å². The molecule has 17 heavy (non-hydrogen) atoms. The van der Waals surface area contributed by atoms with Crippen LogP contribution in [0.15, 0.2) is 30.3 Å². The summed E-state index contributed by atoms with van der Waals surface area (Å²) in [6, 6.07) is 8.09. The molecule has 1 aromatic rings. The zero-order valence-corrected chi connectivity index (χ0v) is 9.40. The van der Waals surface area contributed by atoms with Crippen molar-refractivity contribution in [2.24, 2.45) is 0 Å². The van der Waals surface area contributed by atoms with Crippen molar-refractivity contribution in [1.29, 1.82) is 0 Å². The number of carbonyl (C=O) groups is 1. The van der Waals surface area contributed by atoms with Gasteiger partial charge in [-0.1, -0.05) is 30.3 Å². The molecular formula is C12H13F2NO2. The Hall–Kier alpha value is -1.65. The van der Waals surface area contributed by atoms with Gasteiger partial charge in [0.1, 0.15) is 12.6 Å². The van der Waals surface area contributed by atoms with Gasteiger partial charge in [-0.3, -0.25) is 0 Å². The van der Waals surface area contributed by atoms with Crippen LogP contribution in [-0.4, -0.2) is 30.0 Å². The SMILES string of the molecule is CN(C(=O)OCc1ccccc1)C1CC1(F)F. The summed E-state index contributed by atoms with van der Waals surface area (Å²) in [6.07, 6.45) is -0.986. The van der Waals surface area contributed by atoms with Crippen LogP contribution in [0.25, 0.3) is 0 Å². The second-order valence-corrected chi connectivity index (χ2v) is 4.13. The predicted molar refractivity (Wildman–Crippen MR) is 57.7 cm³/mol. The Bertz CT molecular complexity index is 408. The molecule has 1 aromatic carbocycles. The summed E-state index contributed by atoms with van der Waals surface area (Å²) in [5.74, 6) is -2.75. The molecule has 0 radical (unpaired) electrons. The second kappa shape index (κ2) is 4.31. The van der Waals surface area contributed by atoms with Crippen LogP contribution in [0.4, 0.5) is 13.6 Å². The number of hydrogen-bond acceptors (Lipinski definition) is 2. The number of nitrogens with zero attached hydrogens (tertiary/aromatic N) is 1. The number of benzene rings is 1. The Kier molecular flexibility index (Phi) is 3.00. The maximum absolute atomic E-state index is 12.7. The average molecular weight is 241 g/mol. The van der Waals surface area contributed by atoms with Gasteiger partial charge in [0.25, 0.3) is 5.92 Å². The smallest absolute Gasteiger partial charge is 0.410 e. The third kappa shape index (κ3) is 2.72. The fourth-order valence-electron chi connectivity index (χ4n) is 1.57. The van der Waals surface area contributed by atoms with Crippen molar-refractivity contribution in [3.63, 3.8) is 0 Å². The van der Waals surface area contributed by atoms with Gasteiger partial charge >= 0.3 is 6.09 Å². The van der Waals surface area contributed by atoms with Crippen LogP contribution in [0.2, 0.25) is 0 Å². The summed E-state index contributed by atoms with van der Waals surface area (Å²) in [5, 5.41) is 0. The molecule has 5 heteroatoms. The van der Waals surface area contributed by atoms with Crippen LogP contribution in [-0.2, 0) is 11.3 Å². The van der Waals surface area contributed by atoms with Gasteiger partial charge in [0.05, 0.1) is 0 Å². The lowest BCUT2D eigenvalue weighted by Crippen LogP contribution is -2.32. The topological polar surface area (TPSA) is 29.5 Å². The lowest BCUT2D eigenvalue weighted by Gasteiger charge is -2.16. The number of halogens is 2. The lowest BCUT2D eigenvalue weighted by atomic mass is 10.2. The third-order valence-corrected chi connectivity index (χ3v) is 2.75. The standard InChI is InChI=1S/C12H13F2NO2/c1-15(10-7-12(10,13)14)11(16)17-8-9-5-3-2-4-6-9/h2-6,10H,7-8H2,1H3. The monoisotopic (exact) mass is 241 g/mol. The highest BCUT2D eigenvalue weighted by Crippen LogP contribution is 2.45. The minimum Gasteiger partial charge on any atom is -0.445 e. The van der Waals surface area contributed by atoms with Crippen molar-refractivity contribution in [2.75, 3.05) is 7.05 Å². The predicted octanol–water partition coefficient (Wildman–Crippen LogP) is 2.66. The Labute approximate surface area is 98.0 Å². The zero-order valence-electron chi connectivity index (χ0n) is 9.40. The number of rotatable bonds is 3. The van der Waals surface area contributed by atoms with Crippen LogP contribution in [0.1, 0.15) is 12.0 Å². The zero-order chi connectivity index (χ0) is 12.5. The van der Waals surface area contributed by atoms with E-state index in [2.05, 4.69) is 0 Å². The van der Waals surface area contributed by atoms with E-state index < -0.39 is 18.1 Å².